The van der Waals surface area contributed by atoms with Gasteiger partial charge in [0.05, 0.1) is 13.5 Å². The highest BCUT2D eigenvalue weighted by molar-refractivity contribution is 5.91. The second-order valence-corrected chi connectivity index (χ2v) is 6.73. The standard InChI is InChI=1S/C20H23N5O2/c1-14-16(17-12-15(27-2)4-5-18(17)23-14)13-19(26)24-8-10-25(11-9-24)20-21-6-3-7-22-20/h3-7,12,23H,8-11,13H2,1-2H3. The van der Waals surface area contributed by atoms with E-state index >= 15 is 0 Å². The monoisotopic (exact) mass is 365 g/mol. The molecule has 3 aromatic rings. The first-order chi connectivity index (χ1) is 13.2. The Kier molecular flexibility index (Phi) is 4.66. The minimum Gasteiger partial charge on any atom is -0.497 e. The third-order valence-corrected chi connectivity index (χ3v) is 5.12. The van der Waals surface area contributed by atoms with E-state index in [9.17, 15) is 4.79 Å². The van der Waals surface area contributed by atoms with Crippen molar-refractivity contribution in [1.82, 2.24) is 19.9 Å². The van der Waals surface area contributed by atoms with Gasteiger partial charge in [-0.05, 0) is 36.8 Å². The molecule has 0 spiro atoms. The fourth-order valence-corrected chi connectivity index (χ4v) is 3.59. The maximum Gasteiger partial charge on any atom is 0.227 e. The SMILES string of the molecule is COc1ccc2[nH]c(C)c(CC(=O)N3CCN(c4ncccn4)CC3)c2c1. The number of nitrogens with one attached hydrogen (secondary N) is 1. The van der Waals surface area contributed by atoms with E-state index in [0.29, 0.717) is 19.5 Å². The van der Waals surface area contributed by atoms with E-state index in [4.69, 9.17) is 4.74 Å². The zero-order chi connectivity index (χ0) is 18.8. The van der Waals surface area contributed by atoms with E-state index in [0.717, 1.165) is 46.9 Å². The van der Waals surface area contributed by atoms with Gasteiger partial charge < -0.3 is 19.5 Å². The van der Waals surface area contributed by atoms with E-state index in [1.807, 2.05) is 36.1 Å². The fraction of sp³-hybridized carbons (Fsp3) is 0.350. The number of carbonyl (C=O) groups is 1. The molecule has 4 rings (SSSR count). The van der Waals surface area contributed by atoms with Crippen LogP contribution in [0.15, 0.2) is 36.7 Å². The maximum absolute atomic E-state index is 12.9. The fourth-order valence-electron chi connectivity index (χ4n) is 3.59. The van der Waals surface area contributed by atoms with Crippen LogP contribution in [0.2, 0.25) is 0 Å². The number of aromatic nitrogens is 3. The summed E-state index contributed by atoms with van der Waals surface area (Å²) in [4.78, 5) is 28.9. The molecule has 0 aliphatic carbocycles. The van der Waals surface area contributed by atoms with Crippen LogP contribution in [-0.4, -0.2) is 59.0 Å². The number of H-pyrrole nitrogens is 1. The number of benzene rings is 1. The van der Waals surface area contributed by atoms with Crippen LogP contribution in [-0.2, 0) is 11.2 Å². The summed E-state index contributed by atoms with van der Waals surface area (Å²) in [6.07, 6.45) is 3.88. The highest BCUT2D eigenvalue weighted by Gasteiger charge is 2.24. The summed E-state index contributed by atoms with van der Waals surface area (Å²) in [5.41, 5.74) is 3.10. The van der Waals surface area contributed by atoms with Crippen molar-refractivity contribution in [3.05, 3.63) is 47.9 Å². The number of fused-ring (bicyclic) bond motifs is 1. The molecule has 0 atom stereocenters. The Bertz CT molecular complexity index is 946. The molecule has 1 aliphatic heterocycles. The highest BCUT2D eigenvalue weighted by atomic mass is 16.5. The Morgan fingerprint density at radius 1 is 1.19 bits per heavy atom. The lowest BCUT2D eigenvalue weighted by molar-refractivity contribution is -0.130. The molecule has 1 fully saturated rings. The van der Waals surface area contributed by atoms with Crippen molar-refractivity contribution in [2.75, 3.05) is 38.2 Å². The van der Waals surface area contributed by atoms with Gasteiger partial charge in [-0.25, -0.2) is 9.97 Å². The molecule has 3 heterocycles. The minimum atomic E-state index is 0.149. The molecule has 0 bridgehead atoms. The van der Waals surface area contributed by atoms with Crippen LogP contribution in [0.5, 0.6) is 5.75 Å². The molecule has 2 aromatic heterocycles. The summed E-state index contributed by atoms with van der Waals surface area (Å²) in [5.74, 6) is 1.67. The van der Waals surface area contributed by atoms with Gasteiger partial charge in [-0.15, -0.1) is 0 Å². The Labute approximate surface area is 158 Å². The molecule has 1 aromatic carbocycles. The Morgan fingerprint density at radius 2 is 1.93 bits per heavy atom. The lowest BCUT2D eigenvalue weighted by Gasteiger charge is -2.34. The van der Waals surface area contributed by atoms with Crippen molar-refractivity contribution in [2.24, 2.45) is 0 Å². The van der Waals surface area contributed by atoms with Crippen molar-refractivity contribution in [3.8, 4) is 5.75 Å². The average Bonchev–Trinajstić information content (AvgIpc) is 3.03. The van der Waals surface area contributed by atoms with Crippen LogP contribution in [0, 0.1) is 6.92 Å². The van der Waals surface area contributed by atoms with Gasteiger partial charge in [0, 0.05) is 55.2 Å². The summed E-state index contributed by atoms with van der Waals surface area (Å²) >= 11 is 0. The molecule has 27 heavy (non-hydrogen) atoms. The summed E-state index contributed by atoms with van der Waals surface area (Å²) in [5, 5.41) is 1.05. The van der Waals surface area contributed by atoms with E-state index in [2.05, 4.69) is 19.9 Å². The van der Waals surface area contributed by atoms with E-state index in [1.54, 1.807) is 19.5 Å². The summed E-state index contributed by atoms with van der Waals surface area (Å²) < 4.78 is 5.34. The number of hydrogen-bond donors (Lipinski definition) is 1. The van der Waals surface area contributed by atoms with Gasteiger partial charge in [0.25, 0.3) is 0 Å². The maximum atomic E-state index is 12.9. The topological polar surface area (TPSA) is 74.4 Å². The first kappa shape index (κ1) is 17.3. The van der Waals surface area contributed by atoms with Crippen molar-refractivity contribution >= 4 is 22.8 Å². The van der Waals surface area contributed by atoms with E-state index in [1.165, 1.54) is 0 Å². The predicted molar refractivity (Wildman–Crippen MR) is 104 cm³/mol. The number of ether oxygens (including phenoxy) is 1. The summed E-state index contributed by atoms with van der Waals surface area (Å²) in [6.45, 7) is 4.87. The highest BCUT2D eigenvalue weighted by Crippen LogP contribution is 2.27. The summed E-state index contributed by atoms with van der Waals surface area (Å²) in [7, 11) is 1.65. The molecule has 1 N–H and O–H groups in total. The van der Waals surface area contributed by atoms with Gasteiger partial charge in [0.2, 0.25) is 11.9 Å². The number of rotatable bonds is 4. The van der Waals surface area contributed by atoms with Crippen LogP contribution >= 0.6 is 0 Å². The van der Waals surface area contributed by atoms with Gasteiger partial charge in [-0.1, -0.05) is 0 Å². The number of anilines is 1. The second-order valence-electron chi connectivity index (χ2n) is 6.73. The van der Waals surface area contributed by atoms with Gasteiger partial charge in [0.15, 0.2) is 0 Å². The number of amides is 1. The molecular formula is C20H23N5O2. The third-order valence-electron chi connectivity index (χ3n) is 5.12. The van der Waals surface area contributed by atoms with Crippen LogP contribution in [0.1, 0.15) is 11.3 Å². The zero-order valence-electron chi connectivity index (χ0n) is 15.6. The molecule has 1 amide bonds. The molecular weight excluding hydrogens is 342 g/mol. The number of methoxy groups -OCH3 is 1. The van der Waals surface area contributed by atoms with E-state index < -0.39 is 0 Å². The lowest BCUT2D eigenvalue weighted by Crippen LogP contribution is -2.49. The van der Waals surface area contributed by atoms with Crippen LogP contribution in [0.4, 0.5) is 5.95 Å². The molecule has 1 saturated heterocycles. The number of carbonyl (C=O) groups excluding carboxylic acids is 1. The number of aryl methyl sites for hydroxylation is 1. The first-order valence-electron chi connectivity index (χ1n) is 9.10. The average molecular weight is 365 g/mol. The Hall–Kier alpha value is -3.09. The molecule has 0 radical (unpaired) electrons. The number of hydrogen-bond acceptors (Lipinski definition) is 5. The minimum absolute atomic E-state index is 0.149. The molecule has 0 unspecified atom stereocenters. The number of aromatic amines is 1. The van der Waals surface area contributed by atoms with Crippen LogP contribution in [0.25, 0.3) is 10.9 Å². The molecule has 7 heteroatoms. The van der Waals surface area contributed by atoms with Gasteiger partial charge in [-0.3, -0.25) is 4.79 Å². The Balaban J connectivity index is 1.46. The van der Waals surface area contributed by atoms with Crippen LogP contribution in [0.3, 0.4) is 0 Å². The predicted octanol–water partition coefficient (Wildman–Crippen LogP) is 2.17. The van der Waals surface area contributed by atoms with Gasteiger partial charge in [-0.2, -0.15) is 0 Å². The number of nitrogens with zero attached hydrogens (tertiary/aromatic N) is 4. The Morgan fingerprint density at radius 3 is 2.63 bits per heavy atom. The normalized spacial score (nSPS) is 14.6. The van der Waals surface area contributed by atoms with Crippen molar-refractivity contribution in [3.63, 3.8) is 0 Å². The number of piperazine rings is 1. The summed E-state index contributed by atoms with van der Waals surface area (Å²) in [6, 6.07) is 7.72. The van der Waals surface area contributed by atoms with Gasteiger partial charge >= 0.3 is 0 Å². The van der Waals surface area contributed by atoms with Crippen molar-refractivity contribution in [2.45, 2.75) is 13.3 Å². The lowest BCUT2D eigenvalue weighted by atomic mass is 10.1. The first-order valence-corrected chi connectivity index (χ1v) is 9.10. The molecule has 0 saturated carbocycles. The van der Waals surface area contributed by atoms with Gasteiger partial charge in [0.1, 0.15) is 5.75 Å². The smallest absolute Gasteiger partial charge is 0.227 e. The van der Waals surface area contributed by atoms with Crippen molar-refractivity contribution < 1.29 is 9.53 Å². The zero-order valence-corrected chi connectivity index (χ0v) is 15.6. The second kappa shape index (κ2) is 7.26. The third kappa shape index (κ3) is 3.45. The quantitative estimate of drug-likeness (QED) is 0.767. The molecule has 1 aliphatic rings. The molecule has 7 nitrogen and oxygen atoms in total. The van der Waals surface area contributed by atoms with Crippen LogP contribution < -0.4 is 9.64 Å². The van der Waals surface area contributed by atoms with Crippen molar-refractivity contribution in [1.29, 1.82) is 0 Å². The molecule has 140 valence electrons. The van der Waals surface area contributed by atoms with E-state index in [-0.39, 0.29) is 5.91 Å². The largest absolute Gasteiger partial charge is 0.497 e.